The van der Waals surface area contributed by atoms with Crippen LogP contribution in [0.25, 0.3) is 0 Å². The van der Waals surface area contributed by atoms with Crippen molar-refractivity contribution in [1.82, 2.24) is 5.32 Å². The summed E-state index contributed by atoms with van der Waals surface area (Å²) in [6.45, 7) is 0.515. The third-order valence-corrected chi connectivity index (χ3v) is 4.46. The van der Waals surface area contributed by atoms with Crippen molar-refractivity contribution in [3.05, 3.63) is 69.5 Å². The van der Waals surface area contributed by atoms with Gasteiger partial charge in [0.2, 0.25) is 0 Å². The molecule has 1 aliphatic carbocycles. The van der Waals surface area contributed by atoms with Crippen LogP contribution in [0.1, 0.15) is 28.8 Å². The molecule has 114 valence electrons. The number of halogens is 3. The zero-order valence-corrected chi connectivity index (χ0v) is 13.2. The second-order valence-corrected chi connectivity index (χ2v) is 6.50. The summed E-state index contributed by atoms with van der Waals surface area (Å²) >= 11 is 11.8. The first-order valence-electron chi connectivity index (χ1n) is 6.99. The van der Waals surface area contributed by atoms with Gasteiger partial charge in [0.05, 0.1) is 0 Å². The molecule has 1 amide bonds. The average molecular weight is 338 g/mol. The minimum atomic E-state index is -0.253. The van der Waals surface area contributed by atoms with Crippen molar-refractivity contribution in [2.24, 2.45) is 0 Å². The maximum atomic E-state index is 13.0. The zero-order valence-electron chi connectivity index (χ0n) is 11.7. The van der Waals surface area contributed by atoms with E-state index in [2.05, 4.69) is 5.32 Å². The number of carbonyl (C=O) groups is 1. The number of benzene rings is 2. The molecular weight excluding hydrogens is 324 g/mol. The summed E-state index contributed by atoms with van der Waals surface area (Å²) in [4.78, 5) is 12.2. The van der Waals surface area contributed by atoms with Crippen molar-refractivity contribution in [2.45, 2.75) is 18.3 Å². The topological polar surface area (TPSA) is 29.1 Å². The maximum absolute atomic E-state index is 13.0. The van der Waals surface area contributed by atoms with Crippen LogP contribution in [0.4, 0.5) is 4.39 Å². The second kappa shape index (κ2) is 5.90. The van der Waals surface area contributed by atoms with Crippen LogP contribution in [0.5, 0.6) is 0 Å². The van der Waals surface area contributed by atoms with E-state index in [4.69, 9.17) is 23.2 Å². The Kier molecular flexibility index (Phi) is 4.11. The van der Waals surface area contributed by atoms with E-state index in [1.165, 1.54) is 12.1 Å². The van der Waals surface area contributed by atoms with Gasteiger partial charge in [-0.25, -0.2) is 4.39 Å². The standard InChI is InChI=1S/C17H14Cl2FNO/c18-13-7-11(8-14(19)9-13)16(22)21-10-17(5-6-17)12-1-3-15(20)4-2-12/h1-4,7-9H,5-6,10H2,(H,21,22). The molecule has 3 rings (SSSR count). The summed E-state index contributed by atoms with van der Waals surface area (Å²) in [6.07, 6.45) is 1.96. The third kappa shape index (κ3) is 3.26. The molecule has 2 aromatic rings. The van der Waals surface area contributed by atoms with Gasteiger partial charge in [0.1, 0.15) is 5.82 Å². The first-order valence-corrected chi connectivity index (χ1v) is 7.74. The fourth-order valence-corrected chi connectivity index (χ4v) is 3.08. The van der Waals surface area contributed by atoms with Crippen molar-refractivity contribution in [3.63, 3.8) is 0 Å². The fraction of sp³-hybridized carbons (Fsp3) is 0.235. The summed E-state index contributed by atoms with van der Waals surface area (Å²) in [6, 6.07) is 11.2. The molecule has 0 unspecified atom stereocenters. The van der Waals surface area contributed by atoms with Gasteiger partial charge in [0.15, 0.2) is 0 Å². The molecule has 0 aromatic heterocycles. The lowest BCUT2D eigenvalue weighted by Gasteiger charge is -2.17. The van der Waals surface area contributed by atoms with Crippen LogP contribution < -0.4 is 5.32 Å². The molecule has 0 bridgehead atoms. The lowest BCUT2D eigenvalue weighted by atomic mass is 9.96. The predicted molar refractivity (Wildman–Crippen MR) is 86.1 cm³/mol. The van der Waals surface area contributed by atoms with Crippen LogP contribution in [0, 0.1) is 5.82 Å². The van der Waals surface area contributed by atoms with E-state index >= 15 is 0 Å². The zero-order chi connectivity index (χ0) is 15.7. The molecule has 0 heterocycles. The summed E-state index contributed by atoms with van der Waals surface area (Å²) in [7, 11) is 0. The minimum absolute atomic E-state index is 0.0776. The third-order valence-electron chi connectivity index (χ3n) is 4.02. The van der Waals surface area contributed by atoms with Crippen LogP contribution in [-0.4, -0.2) is 12.5 Å². The summed E-state index contributed by atoms with van der Waals surface area (Å²) < 4.78 is 13.0. The van der Waals surface area contributed by atoms with Gasteiger partial charge < -0.3 is 5.32 Å². The average Bonchev–Trinajstić information content (AvgIpc) is 3.25. The van der Waals surface area contributed by atoms with Crippen LogP contribution in [0.15, 0.2) is 42.5 Å². The Labute approximate surface area is 138 Å². The van der Waals surface area contributed by atoms with Gasteiger partial charge >= 0.3 is 0 Å². The molecule has 1 aliphatic rings. The fourth-order valence-electron chi connectivity index (χ4n) is 2.56. The Morgan fingerprint density at radius 2 is 1.68 bits per heavy atom. The van der Waals surface area contributed by atoms with E-state index in [1.54, 1.807) is 30.3 Å². The molecule has 0 atom stereocenters. The summed E-state index contributed by atoms with van der Waals surface area (Å²) in [5.41, 5.74) is 1.41. The Balaban J connectivity index is 1.69. The highest BCUT2D eigenvalue weighted by atomic mass is 35.5. The highest BCUT2D eigenvalue weighted by Crippen LogP contribution is 2.47. The van der Waals surface area contributed by atoms with Crippen LogP contribution >= 0.6 is 23.2 Å². The normalized spacial score (nSPS) is 15.4. The largest absolute Gasteiger partial charge is 0.351 e. The quantitative estimate of drug-likeness (QED) is 0.868. The molecule has 0 radical (unpaired) electrons. The van der Waals surface area contributed by atoms with Gasteiger partial charge in [0.25, 0.3) is 5.91 Å². The highest BCUT2D eigenvalue weighted by Gasteiger charge is 2.44. The molecule has 1 saturated carbocycles. The molecule has 2 aromatic carbocycles. The Morgan fingerprint density at radius 3 is 2.23 bits per heavy atom. The van der Waals surface area contributed by atoms with Crippen molar-refractivity contribution in [1.29, 1.82) is 0 Å². The van der Waals surface area contributed by atoms with Gasteiger partial charge in [-0.3, -0.25) is 4.79 Å². The predicted octanol–water partition coefficient (Wildman–Crippen LogP) is 4.59. The van der Waals surface area contributed by atoms with E-state index in [0.29, 0.717) is 22.2 Å². The molecule has 22 heavy (non-hydrogen) atoms. The number of amides is 1. The molecule has 0 spiro atoms. The first-order chi connectivity index (χ1) is 10.5. The van der Waals surface area contributed by atoms with Gasteiger partial charge in [-0.2, -0.15) is 0 Å². The van der Waals surface area contributed by atoms with Crippen molar-refractivity contribution in [2.75, 3.05) is 6.54 Å². The van der Waals surface area contributed by atoms with Gasteiger partial charge in [-0.15, -0.1) is 0 Å². The molecule has 2 nitrogen and oxygen atoms in total. The lowest BCUT2D eigenvalue weighted by molar-refractivity contribution is 0.0949. The minimum Gasteiger partial charge on any atom is -0.351 e. The SMILES string of the molecule is O=C(NCC1(c2ccc(F)cc2)CC1)c1cc(Cl)cc(Cl)c1. The van der Waals surface area contributed by atoms with Gasteiger partial charge in [0, 0.05) is 27.6 Å². The molecule has 1 fully saturated rings. The first kappa shape index (κ1) is 15.3. The van der Waals surface area contributed by atoms with Crippen LogP contribution in [0.3, 0.4) is 0 Å². The number of hydrogen-bond acceptors (Lipinski definition) is 1. The smallest absolute Gasteiger partial charge is 0.251 e. The Hall–Kier alpha value is -1.58. The van der Waals surface area contributed by atoms with Gasteiger partial charge in [-0.1, -0.05) is 35.3 Å². The Bertz CT molecular complexity index is 691. The highest BCUT2D eigenvalue weighted by molar-refractivity contribution is 6.35. The number of hydrogen-bond donors (Lipinski definition) is 1. The maximum Gasteiger partial charge on any atom is 0.251 e. The number of carbonyl (C=O) groups excluding carboxylic acids is 1. The van der Waals surface area contributed by atoms with Crippen molar-refractivity contribution >= 4 is 29.1 Å². The van der Waals surface area contributed by atoms with E-state index < -0.39 is 0 Å². The van der Waals surface area contributed by atoms with Crippen molar-refractivity contribution in [3.8, 4) is 0 Å². The molecular formula is C17H14Cl2FNO. The summed E-state index contributed by atoms with van der Waals surface area (Å²) in [5, 5.41) is 3.78. The van der Waals surface area contributed by atoms with Gasteiger partial charge in [-0.05, 0) is 48.7 Å². The summed E-state index contributed by atoms with van der Waals surface area (Å²) in [5.74, 6) is -0.463. The monoisotopic (exact) mass is 337 g/mol. The Morgan fingerprint density at radius 1 is 1.09 bits per heavy atom. The molecule has 0 saturated heterocycles. The van der Waals surface area contributed by atoms with E-state index in [9.17, 15) is 9.18 Å². The molecule has 0 aliphatic heterocycles. The van der Waals surface area contributed by atoms with Crippen molar-refractivity contribution < 1.29 is 9.18 Å². The number of rotatable bonds is 4. The molecule has 1 N–H and O–H groups in total. The number of nitrogens with one attached hydrogen (secondary N) is 1. The lowest BCUT2D eigenvalue weighted by Crippen LogP contribution is -2.32. The van der Waals surface area contributed by atoms with E-state index in [-0.39, 0.29) is 17.1 Å². The van der Waals surface area contributed by atoms with E-state index in [1.807, 2.05) is 0 Å². The van der Waals surface area contributed by atoms with E-state index in [0.717, 1.165) is 18.4 Å². The second-order valence-electron chi connectivity index (χ2n) is 5.63. The van der Waals surface area contributed by atoms with Crippen LogP contribution in [0.2, 0.25) is 10.0 Å². The van der Waals surface area contributed by atoms with Crippen LogP contribution in [-0.2, 0) is 5.41 Å². The molecule has 5 heteroatoms.